The molecule has 14 heavy (non-hydrogen) atoms. The lowest BCUT2D eigenvalue weighted by molar-refractivity contribution is -0.141. The van der Waals surface area contributed by atoms with E-state index < -0.39 is 5.97 Å². The lowest BCUT2D eigenvalue weighted by atomic mass is 10.0. The van der Waals surface area contributed by atoms with Crippen molar-refractivity contribution in [3.63, 3.8) is 0 Å². The van der Waals surface area contributed by atoms with Gasteiger partial charge in [0.15, 0.2) is 0 Å². The highest BCUT2D eigenvalue weighted by molar-refractivity contribution is 7.09. The minimum absolute atomic E-state index is 0.00500. The van der Waals surface area contributed by atoms with Gasteiger partial charge in [-0.15, -0.1) is 11.3 Å². The maximum Gasteiger partial charge on any atom is 0.307 e. The van der Waals surface area contributed by atoms with E-state index in [0.29, 0.717) is 0 Å². The third-order valence-corrected chi connectivity index (χ3v) is 3.19. The van der Waals surface area contributed by atoms with Crippen LogP contribution >= 0.6 is 11.3 Å². The molecule has 0 saturated carbocycles. The Kier molecular flexibility index (Phi) is 4.10. The number of carbonyl (C=O) groups is 1. The predicted octanol–water partition coefficient (Wildman–Crippen LogP) is 1.95. The Labute approximate surface area is 87.8 Å². The monoisotopic (exact) mass is 213 g/mol. The molecule has 78 valence electrons. The molecule has 1 rings (SSSR count). The fraction of sp³-hybridized carbons (Fsp3) is 0.500. The Hall–Kier alpha value is -0.870. The third kappa shape index (κ3) is 3.12. The molecular formula is C10H15NO2S. The molecule has 0 spiro atoms. The summed E-state index contributed by atoms with van der Waals surface area (Å²) in [6, 6.07) is 4.03. The lowest BCUT2D eigenvalue weighted by Gasteiger charge is -2.16. The van der Waals surface area contributed by atoms with Crippen molar-refractivity contribution in [3.8, 4) is 0 Å². The van der Waals surface area contributed by atoms with Gasteiger partial charge in [0.1, 0.15) is 0 Å². The van der Waals surface area contributed by atoms with Crippen LogP contribution < -0.4 is 5.32 Å². The zero-order valence-electron chi connectivity index (χ0n) is 8.36. The number of carboxylic acids is 1. The minimum Gasteiger partial charge on any atom is -0.481 e. The van der Waals surface area contributed by atoms with Crippen molar-refractivity contribution in [2.24, 2.45) is 5.92 Å². The first-order valence-corrected chi connectivity index (χ1v) is 5.48. The van der Waals surface area contributed by atoms with Crippen LogP contribution in [0.4, 0.5) is 0 Å². The van der Waals surface area contributed by atoms with Crippen LogP contribution in [0.25, 0.3) is 0 Å². The minimum atomic E-state index is -0.754. The van der Waals surface area contributed by atoms with Crippen LogP contribution in [0.2, 0.25) is 0 Å². The molecule has 1 aromatic rings. The van der Waals surface area contributed by atoms with E-state index in [2.05, 4.69) is 5.32 Å². The number of thiophene rings is 1. The van der Waals surface area contributed by atoms with E-state index in [9.17, 15) is 4.79 Å². The number of hydrogen-bond donors (Lipinski definition) is 2. The van der Waals surface area contributed by atoms with Gasteiger partial charge in [-0.1, -0.05) is 13.0 Å². The van der Waals surface area contributed by atoms with Crippen LogP contribution in [0.1, 0.15) is 18.7 Å². The Morgan fingerprint density at radius 2 is 2.36 bits per heavy atom. The van der Waals surface area contributed by atoms with Crippen LogP contribution in [0, 0.1) is 5.92 Å². The van der Waals surface area contributed by atoms with E-state index in [-0.39, 0.29) is 12.0 Å². The summed E-state index contributed by atoms with van der Waals surface area (Å²) in [6.45, 7) is 4.36. The van der Waals surface area contributed by atoms with Gasteiger partial charge in [0, 0.05) is 17.5 Å². The highest BCUT2D eigenvalue weighted by Gasteiger charge is 2.18. The van der Waals surface area contributed by atoms with Gasteiger partial charge in [-0.3, -0.25) is 4.79 Å². The molecule has 1 heterocycles. The van der Waals surface area contributed by atoms with Crippen LogP contribution in [0.5, 0.6) is 0 Å². The van der Waals surface area contributed by atoms with E-state index in [1.165, 1.54) is 4.88 Å². The Morgan fingerprint density at radius 1 is 1.64 bits per heavy atom. The first-order valence-electron chi connectivity index (χ1n) is 4.60. The second-order valence-electron chi connectivity index (χ2n) is 3.38. The van der Waals surface area contributed by atoms with Crippen molar-refractivity contribution in [2.75, 3.05) is 0 Å². The molecule has 2 atom stereocenters. The van der Waals surface area contributed by atoms with Crippen LogP contribution in [-0.2, 0) is 11.3 Å². The van der Waals surface area contributed by atoms with E-state index in [4.69, 9.17) is 5.11 Å². The molecule has 0 aromatic carbocycles. The molecule has 0 amide bonds. The Bertz CT molecular complexity index is 284. The molecular weight excluding hydrogens is 198 g/mol. The molecule has 0 aliphatic rings. The van der Waals surface area contributed by atoms with Crippen molar-refractivity contribution >= 4 is 17.3 Å². The van der Waals surface area contributed by atoms with E-state index in [0.717, 1.165) is 6.54 Å². The van der Waals surface area contributed by atoms with Crippen molar-refractivity contribution in [3.05, 3.63) is 22.4 Å². The summed E-state index contributed by atoms with van der Waals surface area (Å²) >= 11 is 1.68. The van der Waals surface area contributed by atoms with E-state index >= 15 is 0 Å². The second-order valence-corrected chi connectivity index (χ2v) is 4.41. The predicted molar refractivity (Wildman–Crippen MR) is 57.4 cm³/mol. The smallest absolute Gasteiger partial charge is 0.307 e. The zero-order valence-corrected chi connectivity index (χ0v) is 9.17. The summed E-state index contributed by atoms with van der Waals surface area (Å²) < 4.78 is 0. The van der Waals surface area contributed by atoms with Crippen molar-refractivity contribution in [2.45, 2.75) is 26.4 Å². The maximum atomic E-state index is 10.7. The van der Waals surface area contributed by atoms with E-state index in [1.54, 1.807) is 18.3 Å². The molecule has 0 fully saturated rings. The molecule has 0 saturated heterocycles. The number of carboxylic acid groups (broad SMARTS) is 1. The van der Waals surface area contributed by atoms with Crippen LogP contribution in [0.3, 0.4) is 0 Å². The average Bonchev–Trinajstić information content (AvgIpc) is 2.65. The van der Waals surface area contributed by atoms with Gasteiger partial charge in [0.25, 0.3) is 0 Å². The first kappa shape index (κ1) is 11.2. The van der Waals surface area contributed by atoms with Gasteiger partial charge in [-0.25, -0.2) is 0 Å². The van der Waals surface area contributed by atoms with Crippen molar-refractivity contribution < 1.29 is 9.90 Å². The standard InChI is InChI=1S/C10H15NO2S/c1-7(10(12)13)8(2)11-6-9-4-3-5-14-9/h3-5,7-8,11H,6H2,1-2H3,(H,12,13). The quantitative estimate of drug-likeness (QED) is 0.786. The summed E-state index contributed by atoms with van der Waals surface area (Å²) in [7, 11) is 0. The van der Waals surface area contributed by atoms with Gasteiger partial charge in [0.05, 0.1) is 5.92 Å². The SMILES string of the molecule is CC(NCc1cccs1)C(C)C(=O)O. The fourth-order valence-corrected chi connectivity index (χ4v) is 1.72. The molecule has 3 nitrogen and oxygen atoms in total. The van der Waals surface area contributed by atoms with Crippen LogP contribution in [-0.4, -0.2) is 17.1 Å². The summed E-state index contributed by atoms with van der Waals surface area (Å²) in [5.74, 6) is -1.11. The average molecular weight is 213 g/mol. The second kappa shape index (κ2) is 5.12. The lowest BCUT2D eigenvalue weighted by Crippen LogP contribution is -2.35. The number of aliphatic carboxylic acids is 1. The Morgan fingerprint density at radius 3 is 2.86 bits per heavy atom. The normalized spacial score (nSPS) is 15.0. The summed E-state index contributed by atoms with van der Waals surface area (Å²) in [4.78, 5) is 11.9. The van der Waals surface area contributed by atoms with Gasteiger partial charge < -0.3 is 10.4 Å². The fourth-order valence-electron chi connectivity index (χ4n) is 1.07. The molecule has 1 aromatic heterocycles. The van der Waals surface area contributed by atoms with Gasteiger partial charge in [-0.2, -0.15) is 0 Å². The highest BCUT2D eigenvalue weighted by Crippen LogP contribution is 2.09. The first-order chi connectivity index (χ1) is 6.61. The van der Waals surface area contributed by atoms with Gasteiger partial charge >= 0.3 is 5.97 Å². The van der Waals surface area contributed by atoms with E-state index in [1.807, 2.05) is 24.4 Å². The molecule has 0 aliphatic carbocycles. The highest BCUT2D eigenvalue weighted by atomic mass is 32.1. The van der Waals surface area contributed by atoms with Crippen molar-refractivity contribution in [1.29, 1.82) is 0 Å². The number of rotatable bonds is 5. The summed E-state index contributed by atoms with van der Waals surface area (Å²) in [6.07, 6.45) is 0. The number of hydrogen-bond acceptors (Lipinski definition) is 3. The number of nitrogens with one attached hydrogen (secondary N) is 1. The molecule has 2 unspecified atom stereocenters. The van der Waals surface area contributed by atoms with Gasteiger partial charge in [-0.05, 0) is 18.4 Å². The van der Waals surface area contributed by atoms with Crippen molar-refractivity contribution in [1.82, 2.24) is 5.32 Å². The maximum absolute atomic E-state index is 10.7. The summed E-state index contributed by atoms with van der Waals surface area (Å²) in [5.41, 5.74) is 0. The third-order valence-electron chi connectivity index (χ3n) is 2.32. The van der Waals surface area contributed by atoms with Gasteiger partial charge in [0.2, 0.25) is 0 Å². The molecule has 0 aliphatic heterocycles. The molecule has 2 N–H and O–H groups in total. The molecule has 4 heteroatoms. The van der Waals surface area contributed by atoms with Crippen LogP contribution in [0.15, 0.2) is 17.5 Å². The summed E-state index contributed by atoms with van der Waals surface area (Å²) in [5, 5.41) is 14.0. The largest absolute Gasteiger partial charge is 0.481 e. The molecule has 0 bridgehead atoms. The zero-order chi connectivity index (χ0) is 10.6. The topological polar surface area (TPSA) is 49.3 Å². The molecule has 0 radical (unpaired) electrons. The Balaban J connectivity index is 2.34.